The van der Waals surface area contributed by atoms with Crippen molar-refractivity contribution in [3.05, 3.63) is 0 Å². The Bertz CT molecular complexity index is 465. The maximum absolute atomic E-state index is 13.1. The number of halogens is 5. The summed E-state index contributed by atoms with van der Waals surface area (Å²) in [4.78, 5) is 32.5. The lowest BCUT2D eigenvalue weighted by Gasteiger charge is -2.55. The lowest BCUT2D eigenvalue weighted by Crippen LogP contribution is -2.69. The topological polar surface area (TPSA) is 112 Å². The molecule has 1 aliphatic carbocycles. The lowest BCUT2D eigenvalue weighted by atomic mass is 9.50. The second kappa shape index (κ2) is 4.39. The molecule has 0 aliphatic heterocycles. The zero-order chi connectivity index (χ0) is 16.1. The van der Waals surface area contributed by atoms with Crippen LogP contribution in [0.3, 0.4) is 0 Å². The molecular formula is C9H7Cl2F3O6. The van der Waals surface area contributed by atoms with Gasteiger partial charge in [-0.1, -0.05) is 23.2 Å². The van der Waals surface area contributed by atoms with E-state index in [4.69, 9.17) is 38.5 Å². The van der Waals surface area contributed by atoms with Crippen molar-refractivity contribution in [2.45, 2.75) is 23.4 Å². The highest BCUT2D eigenvalue weighted by molar-refractivity contribution is 6.58. The van der Waals surface area contributed by atoms with E-state index in [1.165, 1.54) is 0 Å². The van der Waals surface area contributed by atoms with Crippen LogP contribution in [0.2, 0.25) is 0 Å². The molecule has 1 aliphatic rings. The quantitative estimate of drug-likeness (QED) is 0.531. The number of carbonyl (C=O) groups is 3. The van der Waals surface area contributed by atoms with Crippen molar-refractivity contribution in [3.8, 4) is 0 Å². The van der Waals surface area contributed by atoms with E-state index in [2.05, 4.69) is 0 Å². The largest absolute Gasteiger partial charge is 0.480 e. The summed E-state index contributed by atoms with van der Waals surface area (Å²) in [5.41, 5.74) is -6.12. The fourth-order valence-electron chi connectivity index (χ4n) is 2.18. The first-order chi connectivity index (χ1) is 8.74. The van der Waals surface area contributed by atoms with E-state index >= 15 is 0 Å². The third kappa shape index (κ3) is 1.91. The van der Waals surface area contributed by atoms with Crippen molar-refractivity contribution < 1.29 is 42.9 Å². The molecular weight excluding hydrogens is 332 g/mol. The van der Waals surface area contributed by atoms with E-state index in [-0.39, 0.29) is 0 Å². The number of rotatable bonds is 4. The monoisotopic (exact) mass is 338 g/mol. The number of alkyl halides is 5. The first-order valence-corrected chi connectivity index (χ1v) is 5.65. The molecule has 114 valence electrons. The molecule has 0 saturated heterocycles. The summed E-state index contributed by atoms with van der Waals surface area (Å²) in [5.74, 6) is -6.26. The molecule has 6 nitrogen and oxygen atoms in total. The number of carboxylic acid groups (broad SMARTS) is 3. The Morgan fingerprint density at radius 3 is 1.50 bits per heavy atom. The van der Waals surface area contributed by atoms with Gasteiger partial charge in [0.2, 0.25) is 4.33 Å². The van der Waals surface area contributed by atoms with Crippen LogP contribution in [0.1, 0.15) is 12.8 Å². The molecule has 0 aromatic rings. The summed E-state index contributed by atoms with van der Waals surface area (Å²) in [5, 5.41) is 26.2. The number of aliphatic carboxylic acids is 3. The smallest absolute Gasteiger partial charge is 0.398 e. The Morgan fingerprint density at radius 1 is 0.950 bits per heavy atom. The molecule has 3 N–H and O–H groups in total. The molecule has 1 saturated carbocycles. The van der Waals surface area contributed by atoms with Crippen LogP contribution < -0.4 is 0 Å². The van der Waals surface area contributed by atoms with E-state index in [0.29, 0.717) is 0 Å². The lowest BCUT2D eigenvalue weighted by molar-refractivity contribution is -0.284. The standard InChI is InChI=1S/C9H7Cl2F3O6/c10-8(11,5(19)20)7(9(12,13)14)1-6(2-7,3(15)16)4(17)18/h1-2H2,(H,15,16)(H,17,18)(H,19,20). The first kappa shape index (κ1) is 16.8. The van der Waals surface area contributed by atoms with Gasteiger partial charge in [0.15, 0.2) is 5.41 Å². The average molecular weight is 339 g/mol. The van der Waals surface area contributed by atoms with Gasteiger partial charge in [0.1, 0.15) is 5.41 Å². The van der Waals surface area contributed by atoms with Gasteiger partial charge in [0, 0.05) is 0 Å². The Balaban J connectivity index is 3.36. The van der Waals surface area contributed by atoms with Crippen LogP contribution in [-0.2, 0) is 14.4 Å². The van der Waals surface area contributed by atoms with E-state index < -0.39 is 52.1 Å². The number of hydrogen-bond acceptors (Lipinski definition) is 3. The minimum atomic E-state index is -5.29. The highest BCUT2D eigenvalue weighted by Gasteiger charge is 2.81. The van der Waals surface area contributed by atoms with Gasteiger partial charge in [-0.15, -0.1) is 0 Å². The third-order valence-electron chi connectivity index (χ3n) is 3.44. The highest BCUT2D eigenvalue weighted by atomic mass is 35.5. The van der Waals surface area contributed by atoms with Gasteiger partial charge in [-0.3, -0.25) is 9.59 Å². The molecule has 20 heavy (non-hydrogen) atoms. The van der Waals surface area contributed by atoms with Crippen LogP contribution in [0, 0.1) is 10.8 Å². The second-order valence-corrected chi connectivity index (χ2v) is 5.83. The predicted octanol–water partition coefficient (Wildman–Crippen LogP) is 1.74. The summed E-state index contributed by atoms with van der Waals surface area (Å²) in [6.07, 6.45) is -8.41. The van der Waals surface area contributed by atoms with Crippen molar-refractivity contribution >= 4 is 41.1 Å². The Hall–Kier alpha value is -1.22. The summed E-state index contributed by atoms with van der Waals surface area (Å²) in [7, 11) is 0. The zero-order valence-corrected chi connectivity index (χ0v) is 10.9. The minimum Gasteiger partial charge on any atom is -0.480 e. The molecule has 1 fully saturated rings. The molecule has 0 heterocycles. The molecule has 0 unspecified atom stereocenters. The molecule has 0 amide bonds. The third-order valence-corrected chi connectivity index (χ3v) is 4.48. The van der Waals surface area contributed by atoms with Gasteiger partial charge < -0.3 is 15.3 Å². The number of hydrogen-bond donors (Lipinski definition) is 3. The molecule has 11 heteroatoms. The SMILES string of the molecule is O=C(O)C1(C(=O)O)CC(C(F)(F)F)(C(Cl)(Cl)C(=O)O)C1. The average Bonchev–Trinajstić information content (AvgIpc) is 2.11. The van der Waals surface area contributed by atoms with Gasteiger partial charge in [-0.25, -0.2) is 4.79 Å². The first-order valence-electron chi connectivity index (χ1n) is 4.89. The van der Waals surface area contributed by atoms with Crippen molar-refractivity contribution in [2.75, 3.05) is 0 Å². The number of carboxylic acids is 3. The van der Waals surface area contributed by atoms with Crippen LogP contribution in [0.25, 0.3) is 0 Å². The summed E-state index contributed by atoms with van der Waals surface area (Å²) in [6, 6.07) is 0. The Kier molecular flexibility index (Phi) is 3.69. The summed E-state index contributed by atoms with van der Waals surface area (Å²) < 4.78 is 35.8. The van der Waals surface area contributed by atoms with Crippen LogP contribution in [0.15, 0.2) is 0 Å². The van der Waals surface area contributed by atoms with Gasteiger partial charge >= 0.3 is 24.1 Å². The van der Waals surface area contributed by atoms with Gasteiger partial charge in [-0.2, -0.15) is 13.2 Å². The molecule has 0 bridgehead atoms. The Labute approximate surface area is 119 Å². The summed E-state index contributed by atoms with van der Waals surface area (Å²) in [6.45, 7) is 0. The Morgan fingerprint density at radius 2 is 1.30 bits per heavy atom. The van der Waals surface area contributed by atoms with Gasteiger partial charge in [0.25, 0.3) is 0 Å². The van der Waals surface area contributed by atoms with Crippen molar-refractivity contribution in [2.24, 2.45) is 10.8 Å². The van der Waals surface area contributed by atoms with Crippen LogP contribution >= 0.6 is 23.2 Å². The van der Waals surface area contributed by atoms with Crippen molar-refractivity contribution in [1.82, 2.24) is 0 Å². The van der Waals surface area contributed by atoms with Gasteiger partial charge in [0.05, 0.1) is 0 Å². The van der Waals surface area contributed by atoms with E-state index in [9.17, 15) is 27.6 Å². The highest BCUT2D eigenvalue weighted by Crippen LogP contribution is 2.69. The fraction of sp³-hybridized carbons (Fsp3) is 0.667. The van der Waals surface area contributed by atoms with Gasteiger partial charge in [-0.05, 0) is 12.8 Å². The zero-order valence-electron chi connectivity index (χ0n) is 9.37. The molecule has 0 aromatic heterocycles. The van der Waals surface area contributed by atoms with E-state index in [1.54, 1.807) is 0 Å². The maximum Gasteiger partial charge on any atom is 0.398 e. The molecule has 0 radical (unpaired) electrons. The fourth-order valence-corrected chi connectivity index (χ4v) is 2.66. The molecule has 0 atom stereocenters. The van der Waals surface area contributed by atoms with Crippen molar-refractivity contribution in [1.29, 1.82) is 0 Å². The second-order valence-electron chi connectivity index (χ2n) is 4.51. The van der Waals surface area contributed by atoms with Crippen LogP contribution in [0.4, 0.5) is 13.2 Å². The molecule has 0 aromatic carbocycles. The summed E-state index contributed by atoms with van der Waals surface area (Å²) >= 11 is 10.4. The van der Waals surface area contributed by atoms with E-state index in [0.717, 1.165) is 0 Å². The van der Waals surface area contributed by atoms with Crippen molar-refractivity contribution in [3.63, 3.8) is 0 Å². The predicted molar refractivity (Wildman–Crippen MR) is 57.5 cm³/mol. The molecule has 1 rings (SSSR count). The maximum atomic E-state index is 13.1. The normalized spacial score (nSPS) is 20.9. The molecule has 0 spiro atoms. The minimum absolute atomic E-state index is 1.56. The van der Waals surface area contributed by atoms with Crippen LogP contribution in [0.5, 0.6) is 0 Å². The van der Waals surface area contributed by atoms with Crippen LogP contribution in [-0.4, -0.2) is 43.7 Å². The van der Waals surface area contributed by atoms with E-state index in [1.807, 2.05) is 0 Å².